The molecule has 2 heterocycles. The van der Waals surface area contributed by atoms with Crippen molar-refractivity contribution in [3.8, 4) is 0 Å². The molecule has 0 bridgehead atoms. The number of primary amides is 1. The van der Waals surface area contributed by atoms with Crippen molar-refractivity contribution in [3.05, 3.63) is 35.9 Å². The molecule has 1 aromatic rings. The minimum absolute atomic E-state index is 0.150. The topological polar surface area (TPSA) is 97.1 Å². The Balaban J connectivity index is 1.61. The van der Waals surface area contributed by atoms with Gasteiger partial charge in [-0.1, -0.05) is 30.3 Å². The van der Waals surface area contributed by atoms with Crippen LogP contribution in [0.25, 0.3) is 0 Å². The van der Waals surface area contributed by atoms with E-state index in [0.29, 0.717) is 13.0 Å². The number of fused-ring (bicyclic) bond motifs is 1. The van der Waals surface area contributed by atoms with E-state index >= 15 is 0 Å². The lowest BCUT2D eigenvalue weighted by Crippen LogP contribution is -2.31. The van der Waals surface area contributed by atoms with Crippen molar-refractivity contribution in [1.29, 1.82) is 0 Å². The first-order valence-electron chi connectivity index (χ1n) is 7.10. The van der Waals surface area contributed by atoms with Crippen LogP contribution in [0.2, 0.25) is 0 Å². The SMILES string of the molecule is NC(=O)CC[C@H]1O[C@@H](OCc2ccccc2)[C@@H]2OC(=O)O[C@@H]21. The normalized spacial score (nSPS) is 29.7. The summed E-state index contributed by atoms with van der Waals surface area (Å²) >= 11 is 0. The van der Waals surface area contributed by atoms with Crippen LogP contribution in [0.4, 0.5) is 4.79 Å². The first-order chi connectivity index (χ1) is 10.6. The molecule has 22 heavy (non-hydrogen) atoms. The van der Waals surface area contributed by atoms with Crippen LogP contribution in [-0.4, -0.2) is 36.7 Å². The zero-order chi connectivity index (χ0) is 15.5. The highest BCUT2D eigenvalue weighted by Crippen LogP contribution is 2.34. The molecule has 2 N–H and O–H groups in total. The number of nitrogens with two attached hydrogens (primary N) is 1. The first-order valence-corrected chi connectivity index (χ1v) is 7.10. The second kappa shape index (κ2) is 6.33. The smallest absolute Gasteiger partial charge is 0.424 e. The molecule has 1 amide bonds. The number of hydrogen-bond acceptors (Lipinski definition) is 6. The summed E-state index contributed by atoms with van der Waals surface area (Å²) in [5.41, 5.74) is 6.12. The molecular weight excluding hydrogens is 290 g/mol. The fourth-order valence-electron chi connectivity index (χ4n) is 2.61. The van der Waals surface area contributed by atoms with Crippen LogP contribution in [0.15, 0.2) is 30.3 Å². The molecule has 0 aliphatic carbocycles. The number of benzene rings is 1. The number of amides is 1. The molecule has 2 fully saturated rings. The van der Waals surface area contributed by atoms with Crippen LogP contribution in [0.5, 0.6) is 0 Å². The molecule has 118 valence electrons. The Labute approximate surface area is 127 Å². The Morgan fingerprint density at radius 1 is 1.18 bits per heavy atom. The van der Waals surface area contributed by atoms with Crippen LogP contribution in [0, 0.1) is 0 Å². The largest absolute Gasteiger partial charge is 0.509 e. The third-order valence-electron chi connectivity index (χ3n) is 3.66. The van der Waals surface area contributed by atoms with E-state index in [4.69, 9.17) is 24.7 Å². The van der Waals surface area contributed by atoms with E-state index in [9.17, 15) is 9.59 Å². The van der Waals surface area contributed by atoms with Gasteiger partial charge in [-0.2, -0.15) is 0 Å². The van der Waals surface area contributed by atoms with Crippen molar-refractivity contribution in [2.45, 2.75) is 44.1 Å². The van der Waals surface area contributed by atoms with Gasteiger partial charge < -0.3 is 24.7 Å². The lowest BCUT2D eigenvalue weighted by atomic mass is 10.1. The van der Waals surface area contributed by atoms with E-state index in [-0.39, 0.29) is 6.42 Å². The van der Waals surface area contributed by atoms with Crippen LogP contribution in [0.3, 0.4) is 0 Å². The van der Waals surface area contributed by atoms with Gasteiger partial charge >= 0.3 is 6.16 Å². The van der Waals surface area contributed by atoms with Gasteiger partial charge in [-0.05, 0) is 12.0 Å². The van der Waals surface area contributed by atoms with E-state index in [0.717, 1.165) is 5.56 Å². The minimum Gasteiger partial charge on any atom is -0.424 e. The van der Waals surface area contributed by atoms with Crippen LogP contribution < -0.4 is 5.73 Å². The third kappa shape index (κ3) is 3.20. The number of ether oxygens (including phenoxy) is 4. The number of carbonyl (C=O) groups excluding carboxylic acids is 2. The molecule has 0 aromatic heterocycles. The van der Waals surface area contributed by atoms with E-state index < -0.39 is 36.7 Å². The standard InChI is InChI=1S/C15H17NO6/c16-11(17)7-6-10-12-13(22-15(18)21-12)14(20-10)19-8-9-4-2-1-3-5-9/h1-5,10,12-14H,6-8H2,(H2,16,17)/t10-,12-,13-,14-/m1/s1. The molecule has 3 rings (SSSR count). The summed E-state index contributed by atoms with van der Waals surface area (Å²) in [6, 6.07) is 9.58. The molecule has 2 aliphatic rings. The van der Waals surface area contributed by atoms with Crippen LogP contribution >= 0.6 is 0 Å². The average molecular weight is 307 g/mol. The maximum absolute atomic E-state index is 11.3. The average Bonchev–Trinajstić information content (AvgIpc) is 3.02. The Kier molecular flexibility index (Phi) is 4.26. The Morgan fingerprint density at radius 2 is 1.91 bits per heavy atom. The number of hydrogen-bond donors (Lipinski definition) is 1. The van der Waals surface area contributed by atoms with E-state index in [1.165, 1.54) is 0 Å². The lowest BCUT2D eigenvalue weighted by molar-refractivity contribution is -0.174. The molecular formula is C15H17NO6. The minimum atomic E-state index is -0.740. The lowest BCUT2D eigenvalue weighted by Gasteiger charge is -2.16. The third-order valence-corrected chi connectivity index (χ3v) is 3.66. The molecule has 1 aromatic carbocycles. The number of rotatable bonds is 6. The fourth-order valence-corrected chi connectivity index (χ4v) is 2.61. The predicted molar refractivity (Wildman–Crippen MR) is 73.5 cm³/mol. The maximum atomic E-state index is 11.3. The van der Waals surface area contributed by atoms with Crippen LogP contribution in [-0.2, 0) is 30.3 Å². The van der Waals surface area contributed by atoms with Crippen LogP contribution in [0.1, 0.15) is 18.4 Å². The van der Waals surface area contributed by atoms with E-state index in [1.54, 1.807) is 0 Å². The van der Waals surface area contributed by atoms with Crippen molar-refractivity contribution in [3.63, 3.8) is 0 Å². The maximum Gasteiger partial charge on any atom is 0.509 e. The summed E-state index contributed by atoms with van der Waals surface area (Å²) in [6.07, 6.45) is -2.58. The number of carbonyl (C=O) groups is 2. The van der Waals surface area contributed by atoms with Crippen molar-refractivity contribution in [2.75, 3.05) is 0 Å². The van der Waals surface area contributed by atoms with Gasteiger partial charge in [-0.15, -0.1) is 0 Å². The Bertz CT molecular complexity index is 548. The van der Waals surface area contributed by atoms with E-state index in [1.807, 2.05) is 30.3 Å². The van der Waals surface area contributed by atoms with Gasteiger partial charge in [0.2, 0.25) is 5.91 Å². The van der Waals surface area contributed by atoms with Gasteiger partial charge in [0.15, 0.2) is 18.5 Å². The molecule has 0 saturated carbocycles. The summed E-state index contributed by atoms with van der Waals surface area (Å²) < 4.78 is 21.6. The second-order valence-corrected chi connectivity index (χ2v) is 5.26. The highest BCUT2D eigenvalue weighted by molar-refractivity contribution is 5.73. The molecule has 7 nitrogen and oxygen atoms in total. The Hall–Kier alpha value is -2.12. The van der Waals surface area contributed by atoms with Gasteiger partial charge in [-0.25, -0.2) is 4.79 Å². The summed E-state index contributed by atoms with van der Waals surface area (Å²) in [5.74, 6) is -0.431. The summed E-state index contributed by atoms with van der Waals surface area (Å²) in [5, 5.41) is 0. The molecule has 0 radical (unpaired) electrons. The zero-order valence-corrected chi connectivity index (χ0v) is 11.8. The highest BCUT2D eigenvalue weighted by atomic mass is 16.8. The molecule has 7 heteroatoms. The zero-order valence-electron chi connectivity index (χ0n) is 11.8. The summed E-state index contributed by atoms with van der Waals surface area (Å²) in [6.45, 7) is 0.328. The van der Waals surface area contributed by atoms with Gasteiger partial charge in [0, 0.05) is 6.42 Å². The first kappa shape index (κ1) is 14.8. The molecule has 4 atom stereocenters. The van der Waals surface area contributed by atoms with E-state index in [2.05, 4.69) is 0 Å². The van der Waals surface area contributed by atoms with Gasteiger partial charge in [0.1, 0.15) is 6.10 Å². The van der Waals surface area contributed by atoms with Crippen molar-refractivity contribution in [2.24, 2.45) is 5.73 Å². The summed E-state index contributed by atoms with van der Waals surface area (Å²) in [4.78, 5) is 22.2. The Morgan fingerprint density at radius 3 is 2.64 bits per heavy atom. The van der Waals surface area contributed by atoms with Gasteiger partial charge in [0.25, 0.3) is 0 Å². The monoisotopic (exact) mass is 307 g/mol. The van der Waals surface area contributed by atoms with Crippen molar-refractivity contribution in [1.82, 2.24) is 0 Å². The van der Waals surface area contributed by atoms with Crippen molar-refractivity contribution >= 4 is 12.1 Å². The fraction of sp³-hybridized carbons (Fsp3) is 0.467. The second-order valence-electron chi connectivity index (χ2n) is 5.26. The predicted octanol–water partition coefficient (Wildman–Crippen LogP) is 1.10. The van der Waals surface area contributed by atoms with Gasteiger partial charge in [0.05, 0.1) is 6.61 Å². The molecule has 0 spiro atoms. The molecule has 2 aliphatic heterocycles. The van der Waals surface area contributed by atoms with Gasteiger partial charge in [-0.3, -0.25) is 4.79 Å². The summed E-state index contributed by atoms with van der Waals surface area (Å²) in [7, 11) is 0. The quantitative estimate of drug-likeness (QED) is 0.790. The van der Waals surface area contributed by atoms with Crippen molar-refractivity contribution < 1.29 is 28.5 Å². The molecule has 2 saturated heterocycles. The highest BCUT2D eigenvalue weighted by Gasteiger charge is 2.54. The molecule has 0 unspecified atom stereocenters.